The second-order valence-electron chi connectivity index (χ2n) is 5.98. The molecule has 2 aromatic rings. The summed E-state index contributed by atoms with van der Waals surface area (Å²) in [4.78, 5) is 21.6. The monoisotopic (exact) mass is 393 g/mol. The number of halogens is 1. The number of alkyl carbamates (subject to hydrolysis) is 1. The molecule has 0 saturated heterocycles. The molecule has 2 aromatic carbocycles. The first-order valence-corrected chi connectivity index (χ1v) is 8.33. The van der Waals surface area contributed by atoms with Gasteiger partial charge in [0.15, 0.2) is 5.82 Å². The van der Waals surface area contributed by atoms with Crippen LogP contribution in [0.4, 0.5) is 20.6 Å². The van der Waals surface area contributed by atoms with Crippen LogP contribution in [-0.2, 0) is 11.3 Å². The van der Waals surface area contributed by atoms with E-state index in [4.69, 9.17) is 10.5 Å². The Balaban J connectivity index is 1.85. The lowest BCUT2D eigenvalue weighted by atomic mass is 10.0. The van der Waals surface area contributed by atoms with E-state index < -0.39 is 40.4 Å². The molecule has 0 heterocycles. The van der Waals surface area contributed by atoms with Crippen LogP contribution in [0, 0.1) is 15.9 Å². The number of carbonyl (C=O) groups is 1. The number of nitrogen functional groups attached to an aromatic ring is 1. The molecule has 0 aliphatic heterocycles. The lowest BCUT2D eigenvalue weighted by Gasteiger charge is -2.18. The first-order valence-electron chi connectivity index (χ1n) is 8.33. The molecule has 0 bridgehead atoms. The number of nitrogens with one attached hydrogen (secondary N) is 1. The number of amides is 1. The molecule has 0 spiro atoms. The quantitative estimate of drug-likeness (QED) is 0.305. The number of nitro groups is 1. The van der Waals surface area contributed by atoms with Gasteiger partial charge in [-0.25, -0.2) is 9.18 Å². The van der Waals surface area contributed by atoms with Crippen LogP contribution in [0.5, 0.6) is 0 Å². The van der Waals surface area contributed by atoms with Gasteiger partial charge in [0.05, 0.1) is 11.0 Å². The fourth-order valence-corrected chi connectivity index (χ4v) is 2.42. The van der Waals surface area contributed by atoms with Crippen molar-refractivity contribution in [2.45, 2.75) is 25.2 Å². The number of benzene rings is 2. The van der Waals surface area contributed by atoms with E-state index >= 15 is 0 Å². The highest BCUT2D eigenvalue weighted by Crippen LogP contribution is 2.30. The maximum absolute atomic E-state index is 13.7. The van der Waals surface area contributed by atoms with Crippen LogP contribution in [0.3, 0.4) is 0 Å². The highest BCUT2D eigenvalue weighted by Gasteiger charge is 2.24. The van der Waals surface area contributed by atoms with Gasteiger partial charge in [0, 0.05) is 12.6 Å². The van der Waals surface area contributed by atoms with Crippen molar-refractivity contribution in [2.75, 3.05) is 12.3 Å². The largest absolute Gasteiger partial charge is 0.445 e. The highest BCUT2D eigenvalue weighted by atomic mass is 19.1. The van der Waals surface area contributed by atoms with Gasteiger partial charge in [-0.3, -0.25) is 10.1 Å². The number of nitro benzene ring substituents is 1. The first kappa shape index (κ1) is 21.1. The summed E-state index contributed by atoms with van der Waals surface area (Å²) in [5, 5.41) is 33.4. The van der Waals surface area contributed by atoms with E-state index in [1.165, 1.54) is 0 Å². The summed E-state index contributed by atoms with van der Waals surface area (Å²) in [6.07, 6.45) is -3.81. The molecule has 0 radical (unpaired) electrons. The first-order chi connectivity index (χ1) is 13.3. The highest BCUT2D eigenvalue weighted by molar-refractivity contribution is 5.67. The van der Waals surface area contributed by atoms with Gasteiger partial charge in [-0.1, -0.05) is 30.3 Å². The van der Waals surface area contributed by atoms with E-state index in [2.05, 4.69) is 5.32 Å². The Bertz CT molecular complexity index is 834. The molecule has 150 valence electrons. The Morgan fingerprint density at radius 3 is 2.61 bits per heavy atom. The molecule has 2 unspecified atom stereocenters. The number of hydrogen-bond donors (Lipinski definition) is 4. The zero-order valence-electron chi connectivity index (χ0n) is 14.7. The van der Waals surface area contributed by atoms with E-state index in [0.717, 1.165) is 17.7 Å². The maximum Gasteiger partial charge on any atom is 0.407 e. The standard InChI is InChI=1S/C18H20FN3O6/c19-13-8-12(9-14(16(13)20)22(26)27)17(24)15(23)6-7-21-18(25)28-10-11-4-2-1-3-5-11/h1-5,8-9,15,17,23-24H,6-7,10,20H2,(H,21,25). The molecule has 0 fully saturated rings. The van der Waals surface area contributed by atoms with Crippen LogP contribution in [0.1, 0.15) is 23.7 Å². The fraction of sp³-hybridized carbons (Fsp3) is 0.278. The van der Waals surface area contributed by atoms with Gasteiger partial charge in [0.25, 0.3) is 5.69 Å². The van der Waals surface area contributed by atoms with Crippen LogP contribution < -0.4 is 11.1 Å². The zero-order chi connectivity index (χ0) is 20.7. The number of carbonyl (C=O) groups excluding carboxylic acids is 1. The molecular weight excluding hydrogens is 373 g/mol. The third-order valence-electron chi connectivity index (χ3n) is 3.95. The number of nitrogens with zero attached hydrogens (tertiary/aromatic N) is 1. The van der Waals surface area contributed by atoms with Gasteiger partial charge < -0.3 is 26.0 Å². The van der Waals surface area contributed by atoms with Gasteiger partial charge in [-0.15, -0.1) is 0 Å². The van der Waals surface area contributed by atoms with Crippen molar-refractivity contribution in [1.29, 1.82) is 0 Å². The van der Waals surface area contributed by atoms with Crippen molar-refractivity contribution < 1.29 is 29.1 Å². The smallest absolute Gasteiger partial charge is 0.407 e. The van der Waals surface area contributed by atoms with E-state index in [9.17, 15) is 29.5 Å². The lowest BCUT2D eigenvalue weighted by Crippen LogP contribution is -2.29. The van der Waals surface area contributed by atoms with E-state index in [1.807, 2.05) is 6.07 Å². The van der Waals surface area contributed by atoms with Crippen molar-refractivity contribution in [3.8, 4) is 0 Å². The average Bonchev–Trinajstić information content (AvgIpc) is 2.68. The van der Waals surface area contributed by atoms with Crippen LogP contribution in [0.15, 0.2) is 42.5 Å². The summed E-state index contributed by atoms with van der Waals surface area (Å²) >= 11 is 0. The summed E-state index contributed by atoms with van der Waals surface area (Å²) in [5.41, 5.74) is 4.54. The molecule has 0 saturated carbocycles. The van der Waals surface area contributed by atoms with Crippen molar-refractivity contribution in [3.05, 3.63) is 69.5 Å². The molecule has 2 rings (SSSR count). The third-order valence-corrected chi connectivity index (χ3v) is 3.95. The number of nitrogens with two attached hydrogens (primary N) is 1. The molecule has 0 aromatic heterocycles. The molecule has 2 atom stereocenters. The minimum absolute atomic E-state index is 0.0363. The predicted octanol–water partition coefficient (Wildman–Crippen LogP) is 2.03. The fourth-order valence-electron chi connectivity index (χ4n) is 2.42. The van der Waals surface area contributed by atoms with Gasteiger partial charge in [0.1, 0.15) is 18.4 Å². The van der Waals surface area contributed by atoms with E-state index in [-0.39, 0.29) is 25.1 Å². The maximum atomic E-state index is 13.7. The topological polar surface area (TPSA) is 148 Å². The van der Waals surface area contributed by atoms with Crippen LogP contribution in [0.2, 0.25) is 0 Å². The molecule has 0 aliphatic carbocycles. The van der Waals surface area contributed by atoms with Crippen molar-refractivity contribution in [3.63, 3.8) is 0 Å². The number of rotatable bonds is 8. The summed E-state index contributed by atoms with van der Waals surface area (Å²) in [6, 6.07) is 10.7. The number of ether oxygens (including phenoxy) is 1. The average molecular weight is 393 g/mol. The Morgan fingerprint density at radius 1 is 1.29 bits per heavy atom. The summed E-state index contributed by atoms with van der Waals surface area (Å²) in [7, 11) is 0. The van der Waals surface area contributed by atoms with Crippen LogP contribution >= 0.6 is 0 Å². The van der Waals surface area contributed by atoms with E-state index in [1.54, 1.807) is 24.3 Å². The normalized spacial score (nSPS) is 12.8. The minimum atomic E-state index is -1.60. The van der Waals surface area contributed by atoms with Gasteiger partial charge >= 0.3 is 6.09 Å². The minimum Gasteiger partial charge on any atom is -0.445 e. The van der Waals surface area contributed by atoms with Gasteiger partial charge in [-0.2, -0.15) is 0 Å². The Morgan fingerprint density at radius 2 is 1.96 bits per heavy atom. The molecule has 5 N–H and O–H groups in total. The van der Waals surface area contributed by atoms with Gasteiger partial charge in [0.2, 0.25) is 0 Å². The molecule has 10 heteroatoms. The summed E-state index contributed by atoms with van der Waals surface area (Å²) in [6.45, 7) is 0.0393. The Labute approximate surface area is 159 Å². The Kier molecular flexibility index (Phi) is 7.24. The molecule has 9 nitrogen and oxygen atoms in total. The van der Waals surface area contributed by atoms with Crippen molar-refractivity contribution >= 4 is 17.5 Å². The second-order valence-corrected chi connectivity index (χ2v) is 5.98. The number of hydrogen-bond acceptors (Lipinski definition) is 7. The number of aliphatic hydroxyl groups is 2. The van der Waals surface area contributed by atoms with E-state index in [0.29, 0.717) is 0 Å². The summed E-state index contributed by atoms with van der Waals surface area (Å²) < 4.78 is 18.7. The molecule has 28 heavy (non-hydrogen) atoms. The van der Waals surface area contributed by atoms with Crippen molar-refractivity contribution in [1.82, 2.24) is 5.32 Å². The third kappa shape index (κ3) is 5.63. The van der Waals surface area contributed by atoms with Gasteiger partial charge in [-0.05, 0) is 23.6 Å². The lowest BCUT2D eigenvalue weighted by molar-refractivity contribution is -0.384. The second kappa shape index (κ2) is 9.62. The molecule has 1 amide bonds. The SMILES string of the molecule is Nc1c(F)cc(C(O)C(O)CCNC(=O)OCc2ccccc2)cc1[N+](=O)[O-]. The summed E-state index contributed by atoms with van der Waals surface area (Å²) in [5.74, 6) is -1.07. The van der Waals surface area contributed by atoms with Crippen LogP contribution in [0.25, 0.3) is 0 Å². The predicted molar refractivity (Wildman–Crippen MR) is 97.7 cm³/mol. The Hall–Kier alpha value is -3.24. The van der Waals surface area contributed by atoms with Crippen molar-refractivity contribution in [2.24, 2.45) is 0 Å². The molecular formula is C18H20FN3O6. The molecule has 0 aliphatic rings. The zero-order valence-corrected chi connectivity index (χ0v) is 14.7. The number of anilines is 1. The number of aliphatic hydroxyl groups excluding tert-OH is 2. The van der Waals surface area contributed by atoms with Crippen LogP contribution in [-0.4, -0.2) is 33.9 Å².